The number of rotatable bonds is 3. The Balaban J connectivity index is 1.71. The van der Waals surface area contributed by atoms with Gasteiger partial charge < -0.3 is 8.92 Å². The molecule has 5 nitrogen and oxygen atoms in total. The van der Waals surface area contributed by atoms with Crippen molar-refractivity contribution in [3.05, 3.63) is 35.4 Å². The van der Waals surface area contributed by atoms with Crippen molar-refractivity contribution in [1.82, 2.24) is 0 Å². The lowest BCUT2D eigenvalue weighted by atomic mass is 9.56. The average Bonchev–Trinajstić information content (AvgIpc) is 2.94. The topological polar surface area (TPSA) is 78.6 Å². The molecule has 0 spiro atoms. The Bertz CT molecular complexity index is 832. The number of allylic oxidation sites excluding steroid dienone is 2. The first-order chi connectivity index (χ1) is 11.8. The standard InChI is InChI=1S/C19H25NO4S/c1-19-8-3-4-16(19)14-6-5-12-10-18(24-25(20,21)22)17(23-2)11-15(12)13(14)7-9-19/h3,8,10-11,13-14,16H,4-7,9H2,1-2H3,(H2,20,21,22)/t13-,14+,16-,19-/m0/s1. The highest BCUT2D eigenvalue weighted by molar-refractivity contribution is 7.84. The molecule has 136 valence electrons. The lowest BCUT2D eigenvalue weighted by molar-refractivity contribution is 0.0825. The van der Waals surface area contributed by atoms with Gasteiger partial charge in [0.1, 0.15) is 0 Å². The Morgan fingerprint density at radius 1 is 1.24 bits per heavy atom. The molecule has 0 heterocycles. The summed E-state index contributed by atoms with van der Waals surface area (Å²) >= 11 is 0. The van der Waals surface area contributed by atoms with Crippen LogP contribution in [0.2, 0.25) is 0 Å². The van der Waals surface area contributed by atoms with Crippen molar-refractivity contribution in [1.29, 1.82) is 0 Å². The Hall–Kier alpha value is -1.53. The van der Waals surface area contributed by atoms with Crippen LogP contribution in [0.25, 0.3) is 0 Å². The first kappa shape index (κ1) is 16.9. The highest BCUT2D eigenvalue weighted by atomic mass is 32.2. The molecule has 0 amide bonds. The van der Waals surface area contributed by atoms with E-state index in [4.69, 9.17) is 14.1 Å². The summed E-state index contributed by atoms with van der Waals surface area (Å²) in [6, 6.07) is 3.77. The van der Waals surface area contributed by atoms with E-state index in [1.165, 1.54) is 25.5 Å². The number of hydrogen-bond donors (Lipinski definition) is 1. The monoisotopic (exact) mass is 363 g/mol. The number of nitrogens with two attached hydrogens (primary N) is 1. The molecule has 1 aromatic carbocycles. The normalized spacial score (nSPS) is 33.3. The van der Waals surface area contributed by atoms with E-state index >= 15 is 0 Å². The Kier molecular flexibility index (Phi) is 3.88. The van der Waals surface area contributed by atoms with Crippen molar-refractivity contribution >= 4 is 10.3 Å². The fourth-order valence-corrected chi connectivity index (χ4v) is 5.79. The predicted molar refractivity (Wildman–Crippen MR) is 95.9 cm³/mol. The summed E-state index contributed by atoms with van der Waals surface area (Å²) in [6.45, 7) is 2.40. The van der Waals surface area contributed by atoms with E-state index in [1.54, 1.807) is 6.07 Å². The molecule has 0 aliphatic heterocycles. The van der Waals surface area contributed by atoms with Gasteiger partial charge in [0.15, 0.2) is 11.5 Å². The molecule has 4 rings (SSSR count). The number of hydrogen-bond acceptors (Lipinski definition) is 4. The first-order valence-corrected chi connectivity index (χ1v) is 10.4. The van der Waals surface area contributed by atoms with Gasteiger partial charge in [-0.2, -0.15) is 13.6 Å². The summed E-state index contributed by atoms with van der Waals surface area (Å²) < 4.78 is 32.9. The summed E-state index contributed by atoms with van der Waals surface area (Å²) in [5.74, 6) is 2.53. The van der Waals surface area contributed by atoms with Crippen LogP contribution < -0.4 is 14.1 Å². The lowest BCUT2D eigenvalue weighted by Crippen LogP contribution is -2.39. The molecule has 3 aliphatic carbocycles. The van der Waals surface area contributed by atoms with Gasteiger partial charge in [0.2, 0.25) is 0 Å². The molecule has 0 bridgehead atoms. The highest BCUT2D eigenvalue weighted by Crippen LogP contribution is 2.59. The molecule has 0 unspecified atom stereocenters. The minimum absolute atomic E-state index is 0.186. The van der Waals surface area contributed by atoms with E-state index in [-0.39, 0.29) is 5.75 Å². The van der Waals surface area contributed by atoms with E-state index in [0.717, 1.165) is 24.8 Å². The fourth-order valence-electron chi connectivity index (χ4n) is 5.41. The number of methoxy groups -OCH3 is 1. The first-order valence-electron chi connectivity index (χ1n) is 8.91. The van der Waals surface area contributed by atoms with E-state index in [0.29, 0.717) is 28.9 Å². The van der Waals surface area contributed by atoms with E-state index in [2.05, 4.69) is 19.1 Å². The zero-order valence-electron chi connectivity index (χ0n) is 14.7. The molecule has 1 saturated carbocycles. The van der Waals surface area contributed by atoms with Gasteiger partial charge in [-0.25, -0.2) is 0 Å². The number of benzene rings is 1. The zero-order chi connectivity index (χ0) is 17.8. The second-order valence-electron chi connectivity index (χ2n) is 7.88. The fraction of sp³-hybridized carbons (Fsp3) is 0.579. The van der Waals surface area contributed by atoms with E-state index in [9.17, 15) is 8.42 Å². The minimum atomic E-state index is -4.07. The van der Waals surface area contributed by atoms with Crippen molar-refractivity contribution in [3.8, 4) is 11.5 Å². The van der Waals surface area contributed by atoms with Gasteiger partial charge >= 0.3 is 10.3 Å². The van der Waals surface area contributed by atoms with Gasteiger partial charge in [0, 0.05) is 0 Å². The summed E-state index contributed by atoms with van der Waals surface area (Å²) in [6.07, 6.45) is 10.4. The van der Waals surface area contributed by atoms with Crippen molar-refractivity contribution in [3.63, 3.8) is 0 Å². The highest BCUT2D eigenvalue weighted by Gasteiger charge is 2.48. The SMILES string of the molecule is COc1cc2c(cc1OS(N)(=O)=O)CC[C@@H]1[C@@H]2CC[C@]2(C)C=CC[C@@H]12. The second-order valence-corrected chi connectivity index (χ2v) is 9.03. The molecule has 1 fully saturated rings. The molecule has 0 aromatic heterocycles. The van der Waals surface area contributed by atoms with Crippen LogP contribution in [0.3, 0.4) is 0 Å². The summed E-state index contributed by atoms with van der Waals surface area (Å²) in [5.41, 5.74) is 2.80. The molecular weight excluding hydrogens is 338 g/mol. The van der Waals surface area contributed by atoms with Crippen LogP contribution in [0.4, 0.5) is 0 Å². The number of ether oxygens (including phenoxy) is 1. The molecule has 0 saturated heterocycles. The minimum Gasteiger partial charge on any atom is -0.493 e. The second kappa shape index (κ2) is 5.74. The lowest BCUT2D eigenvalue weighted by Gasteiger charge is -2.49. The van der Waals surface area contributed by atoms with Crippen LogP contribution >= 0.6 is 0 Å². The maximum absolute atomic E-state index is 11.3. The molecule has 25 heavy (non-hydrogen) atoms. The maximum atomic E-state index is 11.3. The summed E-state index contributed by atoms with van der Waals surface area (Å²) in [7, 11) is -2.54. The molecule has 2 N–H and O–H groups in total. The third kappa shape index (κ3) is 2.85. The van der Waals surface area contributed by atoms with Crippen LogP contribution in [0.1, 0.15) is 49.7 Å². The zero-order valence-corrected chi connectivity index (χ0v) is 15.5. The Labute approximate surface area is 149 Å². The van der Waals surface area contributed by atoms with Gasteiger partial charge in [-0.1, -0.05) is 19.1 Å². The van der Waals surface area contributed by atoms with Gasteiger partial charge in [-0.3, -0.25) is 0 Å². The van der Waals surface area contributed by atoms with Gasteiger partial charge in [-0.05, 0) is 78.5 Å². The molecule has 0 radical (unpaired) electrons. The van der Waals surface area contributed by atoms with Crippen molar-refractivity contribution in [2.24, 2.45) is 22.4 Å². The average molecular weight is 363 g/mol. The van der Waals surface area contributed by atoms with Crippen LogP contribution in [-0.2, 0) is 16.7 Å². The van der Waals surface area contributed by atoms with Crippen molar-refractivity contribution < 1.29 is 17.3 Å². The van der Waals surface area contributed by atoms with Crippen molar-refractivity contribution in [2.45, 2.75) is 44.9 Å². The number of fused-ring (bicyclic) bond motifs is 5. The summed E-state index contributed by atoms with van der Waals surface area (Å²) in [5, 5.41) is 5.03. The van der Waals surface area contributed by atoms with Crippen LogP contribution in [-0.4, -0.2) is 15.5 Å². The quantitative estimate of drug-likeness (QED) is 0.836. The molecule has 3 aliphatic rings. The molecular formula is C19H25NO4S. The van der Waals surface area contributed by atoms with Gasteiger partial charge in [0.25, 0.3) is 0 Å². The van der Waals surface area contributed by atoms with E-state index in [1.807, 2.05) is 6.07 Å². The predicted octanol–water partition coefficient (Wildman–Crippen LogP) is 3.30. The van der Waals surface area contributed by atoms with Crippen molar-refractivity contribution in [2.75, 3.05) is 7.11 Å². The Morgan fingerprint density at radius 2 is 2.04 bits per heavy atom. The largest absolute Gasteiger partial charge is 0.493 e. The summed E-state index contributed by atoms with van der Waals surface area (Å²) in [4.78, 5) is 0. The van der Waals surface area contributed by atoms with Crippen LogP contribution in [0.15, 0.2) is 24.3 Å². The third-order valence-electron chi connectivity index (χ3n) is 6.54. The smallest absolute Gasteiger partial charge is 0.380 e. The van der Waals surface area contributed by atoms with Gasteiger partial charge in [-0.15, -0.1) is 0 Å². The molecule has 4 atom stereocenters. The molecule has 6 heteroatoms. The number of aryl methyl sites for hydroxylation is 1. The van der Waals surface area contributed by atoms with Crippen LogP contribution in [0, 0.1) is 17.3 Å². The van der Waals surface area contributed by atoms with E-state index < -0.39 is 10.3 Å². The Morgan fingerprint density at radius 3 is 2.76 bits per heavy atom. The van der Waals surface area contributed by atoms with Crippen LogP contribution in [0.5, 0.6) is 11.5 Å². The molecule has 1 aromatic rings. The maximum Gasteiger partial charge on any atom is 0.380 e. The third-order valence-corrected chi connectivity index (χ3v) is 6.95. The van der Waals surface area contributed by atoms with Gasteiger partial charge in [0.05, 0.1) is 7.11 Å².